The highest BCUT2D eigenvalue weighted by molar-refractivity contribution is 7.86. The average Bonchev–Trinajstić information content (AvgIpc) is 2.52. The Labute approximate surface area is 128 Å². The normalized spacial score (nSPS) is 11.0. The molecule has 0 atom stereocenters. The van der Waals surface area contributed by atoms with Gasteiger partial charge in [0.1, 0.15) is 16.4 Å². The summed E-state index contributed by atoms with van der Waals surface area (Å²) in [6.45, 7) is 0. The molecule has 116 valence electrons. The fraction of sp³-hybridized carbons (Fsp3) is 0.133. The molecule has 2 rings (SSSR count). The van der Waals surface area contributed by atoms with Gasteiger partial charge in [-0.05, 0) is 24.3 Å². The van der Waals surface area contributed by atoms with Crippen molar-refractivity contribution in [2.75, 3.05) is 14.2 Å². The van der Waals surface area contributed by atoms with E-state index < -0.39 is 20.8 Å². The number of carbonyl (C=O) groups excluding carboxylic acids is 1. The third-order valence-electron chi connectivity index (χ3n) is 3.05. The molecule has 0 aliphatic rings. The Balaban J connectivity index is 2.70. The van der Waals surface area contributed by atoms with Crippen LogP contribution in [0.15, 0.2) is 47.4 Å². The highest BCUT2D eigenvalue weighted by Gasteiger charge is 2.27. The lowest BCUT2D eigenvalue weighted by atomic mass is 10.0. The van der Waals surface area contributed by atoms with Crippen LogP contribution in [-0.2, 0) is 10.1 Å². The molecule has 0 unspecified atom stereocenters. The van der Waals surface area contributed by atoms with Crippen molar-refractivity contribution in [3.8, 4) is 11.5 Å². The standard InChI is InChI=1S/C15H14O6S/c1-20-12-8-4-3-6-10(12)14(16)11-7-5-9-13(21-2)15(11)22(17,18)19/h3-9H,1-2H3,(H,17,18,19). The lowest BCUT2D eigenvalue weighted by molar-refractivity contribution is 0.103. The van der Waals surface area contributed by atoms with Crippen LogP contribution in [-0.4, -0.2) is 33.0 Å². The maximum atomic E-state index is 12.7. The molecule has 0 amide bonds. The molecule has 6 nitrogen and oxygen atoms in total. The van der Waals surface area contributed by atoms with Gasteiger partial charge in [0.05, 0.1) is 19.8 Å². The SMILES string of the molecule is COc1ccccc1C(=O)c1cccc(OC)c1S(=O)(=O)O. The quantitative estimate of drug-likeness (QED) is 0.670. The second kappa shape index (κ2) is 6.17. The third-order valence-corrected chi connectivity index (χ3v) is 3.99. The molecule has 0 aliphatic carbocycles. The number of hydrogen-bond acceptors (Lipinski definition) is 5. The maximum Gasteiger partial charge on any atom is 0.298 e. The molecule has 0 saturated heterocycles. The summed E-state index contributed by atoms with van der Waals surface area (Å²) in [6, 6.07) is 10.5. The number of benzene rings is 2. The summed E-state index contributed by atoms with van der Waals surface area (Å²) in [5.41, 5.74) is -0.00509. The summed E-state index contributed by atoms with van der Waals surface area (Å²) >= 11 is 0. The van der Waals surface area contributed by atoms with Crippen molar-refractivity contribution in [1.82, 2.24) is 0 Å². The largest absolute Gasteiger partial charge is 0.496 e. The van der Waals surface area contributed by atoms with Crippen molar-refractivity contribution in [3.63, 3.8) is 0 Å². The zero-order valence-corrected chi connectivity index (χ0v) is 12.8. The molecule has 0 aliphatic heterocycles. The molecule has 0 spiro atoms. The Morgan fingerprint density at radius 3 is 2.05 bits per heavy atom. The average molecular weight is 322 g/mol. The van der Waals surface area contributed by atoms with Crippen LogP contribution in [0.4, 0.5) is 0 Å². The van der Waals surface area contributed by atoms with Gasteiger partial charge in [0.15, 0.2) is 5.78 Å². The van der Waals surface area contributed by atoms with E-state index in [0.717, 1.165) is 0 Å². The highest BCUT2D eigenvalue weighted by Crippen LogP contribution is 2.30. The van der Waals surface area contributed by atoms with Gasteiger partial charge < -0.3 is 9.47 Å². The molecule has 0 radical (unpaired) electrons. The second-order valence-electron chi connectivity index (χ2n) is 4.34. The molecule has 0 bridgehead atoms. The Kier molecular flexibility index (Phi) is 4.48. The van der Waals surface area contributed by atoms with Crippen molar-refractivity contribution < 1.29 is 27.2 Å². The number of ether oxygens (including phenoxy) is 2. The first-order valence-corrected chi connectivity index (χ1v) is 7.66. The zero-order valence-electron chi connectivity index (χ0n) is 11.9. The Morgan fingerprint density at radius 1 is 0.909 bits per heavy atom. The van der Waals surface area contributed by atoms with Crippen molar-refractivity contribution in [2.24, 2.45) is 0 Å². The van der Waals surface area contributed by atoms with E-state index in [-0.39, 0.29) is 16.9 Å². The molecular formula is C15H14O6S. The molecule has 0 saturated carbocycles. The predicted molar refractivity (Wildman–Crippen MR) is 79.2 cm³/mol. The first-order valence-electron chi connectivity index (χ1n) is 6.22. The minimum atomic E-state index is -4.64. The van der Waals surface area contributed by atoms with E-state index in [9.17, 15) is 17.8 Å². The van der Waals surface area contributed by atoms with Crippen LogP contribution in [0.3, 0.4) is 0 Å². The summed E-state index contributed by atoms with van der Waals surface area (Å²) in [7, 11) is -1.98. The van der Waals surface area contributed by atoms with Crippen LogP contribution in [0.2, 0.25) is 0 Å². The number of carbonyl (C=O) groups is 1. The van der Waals surface area contributed by atoms with Gasteiger partial charge in [0.25, 0.3) is 10.1 Å². The molecule has 7 heteroatoms. The van der Waals surface area contributed by atoms with Gasteiger partial charge in [-0.15, -0.1) is 0 Å². The lowest BCUT2D eigenvalue weighted by Crippen LogP contribution is -2.12. The third kappa shape index (κ3) is 2.95. The monoisotopic (exact) mass is 322 g/mol. The van der Waals surface area contributed by atoms with Gasteiger partial charge in [-0.3, -0.25) is 9.35 Å². The summed E-state index contributed by atoms with van der Waals surface area (Å²) in [4.78, 5) is 12.1. The minimum absolute atomic E-state index is 0.108. The van der Waals surface area contributed by atoms with Crippen LogP contribution in [0.5, 0.6) is 11.5 Å². The van der Waals surface area contributed by atoms with Crippen molar-refractivity contribution in [2.45, 2.75) is 4.90 Å². The van der Waals surface area contributed by atoms with E-state index in [2.05, 4.69) is 0 Å². The van der Waals surface area contributed by atoms with Crippen LogP contribution in [0.25, 0.3) is 0 Å². The van der Waals surface area contributed by atoms with Crippen LogP contribution < -0.4 is 9.47 Å². The number of rotatable bonds is 5. The summed E-state index contributed by atoms with van der Waals surface area (Å²) in [6.07, 6.45) is 0. The molecular weight excluding hydrogens is 308 g/mol. The van der Waals surface area contributed by atoms with E-state index in [0.29, 0.717) is 5.75 Å². The molecule has 2 aromatic rings. The summed E-state index contributed by atoms with van der Waals surface area (Å²) in [5.74, 6) is -0.399. The fourth-order valence-corrected chi connectivity index (χ4v) is 2.94. The molecule has 2 aromatic carbocycles. The van der Waals surface area contributed by atoms with Gasteiger partial charge in [-0.25, -0.2) is 0 Å². The number of para-hydroxylation sites is 1. The smallest absolute Gasteiger partial charge is 0.298 e. The lowest BCUT2D eigenvalue weighted by Gasteiger charge is -2.12. The van der Waals surface area contributed by atoms with E-state index in [4.69, 9.17) is 9.47 Å². The van der Waals surface area contributed by atoms with Crippen LogP contribution in [0.1, 0.15) is 15.9 Å². The van der Waals surface area contributed by atoms with Gasteiger partial charge in [0, 0.05) is 5.56 Å². The minimum Gasteiger partial charge on any atom is -0.496 e. The van der Waals surface area contributed by atoms with Gasteiger partial charge in [-0.2, -0.15) is 8.42 Å². The predicted octanol–water partition coefficient (Wildman–Crippen LogP) is 2.18. The van der Waals surface area contributed by atoms with Crippen molar-refractivity contribution in [1.29, 1.82) is 0 Å². The fourth-order valence-electron chi connectivity index (χ4n) is 2.10. The van der Waals surface area contributed by atoms with E-state index in [1.54, 1.807) is 18.2 Å². The molecule has 0 heterocycles. The van der Waals surface area contributed by atoms with E-state index >= 15 is 0 Å². The first-order chi connectivity index (χ1) is 10.4. The van der Waals surface area contributed by atoms with Crippen molar-refractivity contribution in [3.05, 3.63) is 53.6 Å². The molecule has 0 fully saturated rings. The second-order valence-corrected chi connectivity index (χ2v) is 5.70. The molecule has 0 aromatic heterocycles. The van der Waals surface area contributed by atoms with Gasteiger partial charge >= 0.3 is 0 Å². The van der Waals surface area contributed by atoms with Gasteiger partial charge in [-0.1, -0.05) is 18.2 Å². The highest BCUT2D eigenvalue weighted by atomic mass is 32.2. The number of methoxy groups -OCH3 is 2. The topological polar surface area (TPSA) is 89.9 Å². The zero-order chi connectivity index (χ0) is 16.3. The Bertz CT molecular complexity index is 811. The van der Waals surface area contributed by atoms with Crippen LogP contribution >= 0.6 is 0 Å². The van der Waals surface area contributed by atoms with Gasteiger partial charge in [0.2, 0.25) is 0 Å². The Morgan fingerprint density at radius 2 is 1.45 bits per heavy atom. The van der Waals surface area contributed by atoms with Crippen molar-refractivity contribution >= 4 is 15.9 Å². The maximum absolute atomic E-state index is 12.7. The first kappa shape index (κ1) is 16.0. The van der Waals surface area contributed by atoms with E-state index in [1.807, 2.05) is 0 Å². The van der Waals surface area contributed by atoms with Crippen LogP contribution in [0, 0.1) is 0 Å². The number of ketones is 1. The molecule has 1 N–H and O–H groups in total. The van der Waals surface area contributed by atoms with E-state index in [1.165, 1.54) is 38.5 Å². The number of hydrogen-bond donors (Lipinski definition) is 1. The Hall–Kier alpha value is -2.38. The molecule has 22 heavy (non-hydrogen) atoms. The summed E-state index contributed by atoms with van der Waals surface area (Å²) in [5, 5.41) is 0. The summed E-state index contributed by atoms with van der Waals surface area (Å²) < 4.78 is 42.7.